The Kier molecular flexibility index (Phi) is 6.16. The molecule has 0 aromatic carbocycles. The van der Waals surface area contributed by atoms with Crippen molar-refractivity contribution in [2.45, 2.75) is 68.9 Å². The first-order valence-corrected chi connectivity index (χ1v) is 12.4. The van der Waals surface area contributed by atoms with Crippen LogP contribution >= 0.6 is 11.3 Å². The van der Waals surface area contributed by atoms with E-state index in [0.29, 0.717) is 12.3 Å². The predicted molar refractivity (Wildman–Crippen MR) is 121 cm³/mol. The van der Waals surface area contributed by atoms with Crippen LogP contribution in [0.4, 0.5) is 0 Å². The number of thiophene rings is 1. The van der Waals surface area contributed by atoms with Crippen LogP contribution in [0.25, 0.3) is 10.2 Å². The van der Waals surface area contributed by atoms with Crippen molar-refractivity contribution in [1.82, 2.24) is 9.88 Å². The average Bonchev–Trinajstić information content (AvgIpc) is 3.36. The number of hydrogen-bond donors (Lipinski definition) is 1. The Morgan fingerprint density at radius 1 is 1.29 bits per heavy atom. The van der Waals surface area contributed by atoms with Crippen molar-refractivity contribution in [3.05, 3.63) is 22.7 Å². The number of aliphatic hydroxyl groups is 1. The van der Waals surface area contributed by atoms with Crippen molar-refractivity contribution in [2.24, 2.45) is 0 Å². The molecule has 1 N–H and O–H groups in total. The van der Waals surface area contributed by atoms with Gasteiger partial charge in [-0.1, -0.05) is 0 Å². The van der Waals surface area contributed by atoms with Crippen molar-refractivity contribution in [3.63, 3.8) is 0 Å². The molecule has 2 aromatic rings. The lowest BCUT2D eigenvalue weighted by Crippen LogP contribution is -2.55. The van der Waals surface area contributed by atoms with Crippen LogP contribution in [0.2, 0.25) is 0 Å². The van der Waals surface area contributed by atoms with E-state index in [2.05, 4.69) is 16.0 Å². The second kappa shape index (κ2) is 9.03. The Morgan fingerprint density at radius 3 is 2.84 bits per heavy atom. The van der Waals surface area contributed by atoms with Crippen LogP contribution in [0.1, 0.15) is 61.3 Å². The van der Waals surface area contributed by atoms with E-state index in [1.54, 1.807) is 11.3 Å². The highest BCUT2D eigenvalue weighted by molar-refractivity contribution is 7.19. The molecule has 0 unspecified atom stereocenters. The first-order chi connectivity index (χ1) is 15.2. The molecule has 0 radical (unpaired) electrons. The summed E-state index contributed by atoms with van der Waals surface area (Å²) in [6, 6.07) is 4.47. The Hall–Kier alpha value is -1.72. The highest BCUT2D eigenvalue weighted by Crippen LogP contribution is 2.48. The van der Waals surface area contributed by atoms with Gasteiger partial charge in [-0.2, -0.15) is 5.26 Å². The van der Waals surface area contributed by atoms with Crippen molar-refractivity contribution in [2.75, 3.05) is 32.9 Å². The predicted octanol–water partition coefficient (Wildman–Crippen LogP) is 4.01. The Labute approximate surface area is 187 Å². The van der Waals surface area contributed by atoms with Crippen LogP contribution in [0.5, 0.6) is 5.75 Å². The maximum Gasteiger partial charge on any atom is 0.131 e. The van der Waals surface area contributed by atoms with Gasteiger partial charge in [0.15, 0.2) is 0 Å². The number of pyridine rings is 1. The van der Waals surface area contributed by atoms with Crippen LogP contribution in [-0.2, 0) is 11.2 Å². The molecule has 3 aliphatic rings. The van der Waals surface area contributed by atoms with Gasteiger partial charge in [-0.25, -0.2) is 4.98 Å². The minimum absolute atomic E-state index is 0.0260. The van der Waals surface area contributed by atoms with Gasteiger partial charge in [-0.15, -0.1) is 11.3 Å². The van der Waals surface area contributed by atoms with E-state index in [0.717, 1.165) is 81.8 Å². The zero-order valence-electron chi connectivity index (χ0n) is 18.0. The van der Waals surface area contributed by atoms with Gasteiger partial charge in [0.2, 0.25) is 0 Å². The number of rotatable bonds is 6. The number of morpholine rings is 1. The lowest BCUT2D eigenvalue weighted by atomic mass is 9.76. The summed E-state index contributed by atoms with van der Waals surface area (Å²) in [4.78, 5) is 9.60. The van der Waals surface area contributed by atoms with Gasteiger partial charge in [0.1, 0.15) is 10.6 Å². The molecule has 5 rings (SSSR count). The summed E-state index contributed by atoms with van der Waals surface area (Å²) < 4.78 is 12.2. The van der Waals surface area contributed by atoms with Gasteiger partial charge in [-0.05, 0) is 62.5 Å². The van der Waals surface area contributed by atoms with Crippen molar-refractivity contribution in [3.8, 4) is 11.8 Å². The molecule has 7 heteroatoms. The van der Waals surface area contributed by atoms with Gasteiger partial charge in [0.05, 0.1) is 37.2 Å². The van der Waals surface area contributed by atoms with Crippen molar-refractivity contribution < 1.29 is 14.6 Å². The van der Waals surface area contributed by atoms with Crippen LogP contribution in [0, 0.1) is 11.3 Å². The Balaban J connectivity index is 1.34. The smallest absolute Gasteiger partial charge is 0.131 e. The van der Waals surface area contributed by atoms with Crippen LogP contribution in [-0.4, -0.2) is 59.5 Å². The molecule has 0 amide bonds. The summed E-state index contributed by atoms with van der Waals surface area (Å²) in [6.07, 6.45) is 9.55. The number of aliphatic hydroxyl groups excluding tert-OH is 1. The van der Waals surface area contributed by atoms with Gasteiger partial charge in [0, 0.05) is 36.3 Å². The second-order valence-corrected chi connectivity index (χ2v) is 10.2. The zero-order chi connectivity index (χ0) is 21.3. The average molecular weight is 442 g/mol. The maximum atomic E-state index is 9.51. The number of aryl methyl sites for hydroxylation is 1. The van der Waals surface area contributed by atoms with Gasteiger partial charge in [-0.3, -0.25) is 4.90 Å². The number of ether oxygens (including phenoxy) is 2. The summed E-state index contributed by atoms with van der Waals surface area (Å²) in [5.74, 6) is 1.37. The van der Waals surface area contributed by atoms with Gasteiger partial charge >= 0.3 is 0 Å². The molecular formula is C24H31N3O3S. The molecule has 1 aliphatic heterocycles. The summed E-state index contributed by atoms with van der Waals surface area (Å²) in [5.41, 5.74) is 1.35. The molecule has 0 spiro atoms. The number of hydrogen-bond acceptors (Lipinski definition) is 7. The third-order valence-corrected chi connectivity index (χ3v) is 8.69. The first kappa shape index (κ1) is 21.1. The normalized spacial score (nSPS) is 29.0. The van der Waals surface area contributed by atoms with Gasteiger partial charge < -0.3 is 14.6 Å². The third-order valence-electron chi connectivity index (χ3n) is 7.52. The van der Waals surface area contributed by atoms with Crippen LogP contribution in [0.3, 0.4) is 0 Å². The Bertz CT molecular complexity index is 955. The summed E-state index contributed by atoms with van der Waals surface area (Å²) >= 11 is 1.79. The topological polar surface area (TPSA) is 78.6 Å². The molecular weight excluding hydrogens is 410 g/mol. The van der Waals surface area contributed by atoms with E-state index in [1.807, 2.05) is 12.3 Å². The molecule has 2 fully saturated rings. The number of fused-ring (bicyclic) bond motifs is 3. The fourth-order valence-corrected chi connectivity index (χ4v) is 7.15. The highest BCUT2D eigenvalue weighted by Gasteiger charge is 2.41. The summed E-state index contributed by atoms with van der Waals surface area (Å²) in [5, 5.41) is 20.2. The van der Waals surface area contributed by atoms with Crippen molar-refractivity contribution >= 4 is 21.6 Å². The largest absolute Gasteiger partial charge is 0.490 e. The fourth-order valence-electron chi connectivity index (χ4n) is 5.89. The third kappa shape index (κ3) is 3.95. The van der Waals surface area contributed by atoms with E-state index < -0.39 is 0 Å². The monoisotopic (exact) mass is 441 g/mol. The maximum absolute atomic E-state index is 9.51. The van der Waals surface area contributed by atoms with Gasteiger partial charge in [0.25, 0.3) is 0 Å². The molecule has 1 saturated heterocycles. The molecule has 1 saturated carbocycles. The van der Waals surface area contributed by atoms with E-state index in [1.165, 1.54) is 15.8 Å². The molecule has 166 valence electrons. The molecule has 2 aliphatic carbocycles. The van der Waals surface area contributed by atoms with E-state index in [-0.39, 0.29) is 18.2 Å². The number of aromatic nitrogens is 1. The number of nitrogens with zero attached hydrogens (tertiary/aromatic N) is 3. The van der Waals surface area contributed by atoms with E-state index in [4.69, 9.17) is 9.47 Å². The van der Waals surface area contributed by atoms with E-state index in [9.17, 15) is 10.4 Å². The second-order valence-electron chi connectivity index (χ2n) is 9.15. The minimum Gasteiger partial charge on any atom is -0.490 e. The summed E-state index contributed by atoms with van der Waals surface area (Å²) in [6.45, 7) is 3.60. The molecule has 6 nitrogen and oxygen atoms in total. The zero-order valence-corrected chi connectivity index (χ0v) is 18.8. The highest BCUT2D eigenvalue weighted by atomic mass is 32.1. The minimum atomic E-state index is -0.0260. The quantitative estimate of drug-likeness (QED) is 0.730. The SMILES string of the molecule is N#CCC1(N2CCOCC2)CCC(Oc2ccnc3sc4c(c23)[C@@H](CCO)CC4)CC1. The van der Waals surface area contributed by atoms with E-state index >= 15 is 0 Å². The molecule has 2 aromatic heterocycles. The molecule has 0 bridgehead atoms. The van der Waals surface area contributed by atoms with Crippen LogP contribution in [0.15, 0.2) is 12.3 Å². The molecule has 3 heterocycles. The Morgan fingerprint density at radius 2 is 2.10 bits per heavy atom. The number of nitriles is 1. The lowest BCUT2D eigenvalue weighted by Gasteiger charge is -2.48. The summed E-state index contributed by atoms with van der Waals surface area (Å²) in [7, 11) is 0. The lowest BCUT2D eigenvalue weighted by molar-refractivity contribution is -0.0475. The van der Waals surface area contributed by atoms with Crippen molar-refractivity contribution in [1.29, 1.82) is 5.26 Å². The molecule has 1 atom stereocenters. The molecule has 31 heavy (non-hydrogen) atoms. The van der Waals surface area contributed by atoms with Crippen LogP contribution < -0.4 is 4.74 Å². The first-order valence-electron chi connectivity index (χ1n) is 11.6. The fraction of sp³-hybridized carbons (Fsp3) is 0.667. The standard InChI is InChI=1S/C24H31N3O3S/c25-10-9-24(27-12-15-29-16-13-27)7-3-18(4-8-24)30-19-5-11-26-23-22(19)21-17(6-14-28)1-2-20(21)31-23/h5,11,17-18,28H,1-4,6-9,12-16H2/t17-,18?,24?/m1/s1.